The molecule has 1 saturated heterocycles. The van der Waals surface area contributed by atoms with E-state index < -0.39 is 29.3 Å². The molecule has 1 spiro atoms. The topological polar surface area (TPSA) is 45.9 Å². The van der Waals surface area contributed by atoms with Crippen LogP contribution in [0.5, 0.6) is 5.75 Å². The van der Waals surface area contributed by atoms with Crippen molar-refractivity contribution in [1.29, 1.82) is 0 Å². The van der Waals surface area contributed by atoms with Crippen LogP contribution < -0.4 is 10.1 Å². The summed E-state index contributed by atoms with van der Waals surface area (Å²) in [5.74, 6) is -2.06. The van der Waals surface area contributed by atoms with E-state index in [0.717, 1.165) is 12.1 Å². The fourth-order valence-electron chi connectivity index (χ4n) is 3.20. The van der Waals surface area contributed by atoms with Crippen molar-refractivity contribution in [3.05, 3.63) is 40.7 Å². The molecule has 1 aromatic rings. The molecule has 1 aromatic carbocycles. The highest BCUT2D eigenvalue weighted by atomic mass is 19.1. The Morgan fingerprint density at radius 2 is 2.22 bits per heavy atom. The number of hydrogen-bond acceptors (Lipinski definition) is 3. The Hall–Kier alpha value is -2.20. The summed E-state index contributed by atoms with van der Waals surface area (Å²) >= 11 is 0. The molecule has 2 aliphatic rings. The maximum atomic E-state index is 14.1. The first-order valence-corrected chi connectivity index (χ1v) is 7.44. The molecule has 2 heterocycles. The maximum absolute atomic E-state index is 14.1. The van der Waals surface area contributed by atoms with E-state index in [1.807, 2.05) is 18.7 Å². The number of carbonyl (C=O) groups excluding carboxylic acids is 1. The van der Waals surface area contributed by atoms with E-state index in [4.69, 9.17) is 11.3 Å². The largest absolute Gasteiger partial charge is 0.472 e. The van der Waals surface area contributed by atoms with Gasteiger partial charge in [0.25, 0.3) is 12.1 Å². The zero-order valence-electron chi connectivity index (χ0n) is 12.9. The van der Waals surface area contributed by atoms with E-state index in [2.05, 4.69) is 10.2 Å². The van der Waals surface area contributed by atoms with E-state index in [9.17, 15) is 13.6 Å². The molecule has 0 aromatic heterocycles. The minimum atomic E-state index is -1.33. The molecule has 0 radical (unpaired) electrons. The second kappa shape index (κ2) is 5.46. The van der Waals surface area contributed by atoms with Gasteiger partial charge in [0, 0.05) is 24.2 Å². The normalized spacial score (nSPS) is 27.3. The molecule has 2 atom stereocenters. The van der Waals surface area contributed by atoms with Gasteiger partial charge in [0.1, 0.15) is 5.82 Å². The Labute approximate surface area is 133 Å². The van der Waals surface area contributed by atoms with Crippen LogP contribution in [-0.2, 0) is 11.3 Å². The van der Waals surface area contributed by atoms with Gasteiger partial charge < -0.3 is 10.1 Å². The van der Waals surface area contributed by atoms with E-state index in [0.29, 0.717) is 0 Å². The Balaban J connectivity index is 2.03. The number of nitrogens with zero attached hydrogens (tertiary/aromatic N) is 2. The molecule has 0 unspecified atom stereocenters. The first-order valence-electron chi connectivity index (χ1n) is 7.44. The van der Waals surface area contributed by atoms with Gasteiger partial charge in [-0.15, -0.1) is 0 Å². The SMILES string of the molecule is [C-]#[N+][C@@H]1C[C@]2(CN1C(C)C)Oc1c(F)cc(F)cc1CNC2=O. The van der Waals surface area contributed by atoms with Gasteiger partial charge in [-0.2, -0.15) is 0 Å². The van der Waals surface area contributed by atoms with Gasteiger partial charge in [-0.05, 0) is 19.9 Å². The van der Waals surface area contributed by atoms with E-state index in [1.54, 1.807) is 0 Å². The van der Waals surface area contributed by atoms with Crippen LogP contribution in [0, 0.1) is 18.2 Å². The molecule has 5 nitrogen and oxygen atoms in total. The van der Waals surface area contributed by atoms with Crippen LogP contribution >= 0.6 is 0 Å². The molecule has 1 amide bonds. The number of nitrogens with one attached hydrogen (secondary N) is 1. The van der Waals surface area contributed by atoms with Crippen LogP contribution in [0.1, 0.15) is 25.8 Å². The summed E-state index contributed by atoms with van der Waals surface area (Å²) in [5.41, 5.74) is -1.07. The molecule has 7 heteroatoms. The van der Waals surface area contributed by atoms with Crippen molar-refractivity contribution in [2.75, 3.05) is 6.54 Å². The van der Waals surface area contributed by atoms with Crippen LogP contribution in [0.15, 0.2) is 12.1 Å². The number of carbonyl (C=O) groups is 1. The van der Waals surface area contributed by atoms with Crippen molar-refractivity contribution in [3.8, 4) is 5.75 Å². The molecule has 1 fully saturated rings. The lowest BCUT2D eigenvalue weighted by Gasteiger charge is -2.27. The first-order chi connectivity index (χ1) is 10.9. The van der Waals surface area contributed by atoms with E-state index >= 15 is 0 Å². The molecule has 2 aliphatic heterocycles. The molecule has 1 N–H and O–H groups in total. The third kappa shape index (κ3) is 2.53. The van der Waals surface area contributed by atoms with Crippen molar-refractivity contribution in [2.24, 2.45) is 0 Å². The summed E-state index contributed by atoms with van der Waals surface area (Å²) in [6.07, 6.45) is -0.359. The number of amides is 1. The monoisotopic (exact) mass is 321 g/mol. The van der Waals surface area contributed by atoms with E-state index in [1.165, 1.54) is 0 Å². The first kappa shape index (κ1) is 15.7. The molecule has 23 heavy (non-hydrogen) atoms. The summed E-state index contributed by atoms with van der Waals surface area (Å²) in [7, 11) is 0. The number of ether oxygens (including phenoxy) is 1. The quantitative estimate of drug-likeness (QED) is 0.806. The Morgan fingerprint density at radius 3 is 2.83 bits per heavy atom. The average Bonchev–Trinajstić information content (AvgIpc) is 2.82. The molecular weight excluding hydrogens is 304 g/mol. The Kier molecular flexibility index (Phi) is 3.72. The zero-order valence-corrected chi connectivity index (χ0v) is 12.9. The van der Waals surface area contributed by atoms with E-state index in [-0.39, 0.29) is 36.9 Å². The molecule has 0 bridgehead atoms. The predicted molar refractivity (Wildman–Crippen MR) is 78.4 cm³/mol. The van der Waals surface area contributed by atoms with Gasteiger partial charge in [0.05, 0.1) is 13.0 Å². The van der Waals surface area contributed by atoms with Crippen LogP contribution in [0.3, 0.4) is 0 Å². The van der Waals surface area contributed by atoms with Gasteiger partial charge in [0.15, 0.2) is 11.6 Å². The van der Waals surface area contributed by atoms with Crippen LogP contribution in [0.4, 0.5) is 8.78 Å². The molecular formula is C16H17F2N3O2. The Morgan fingerprint density at radius 1 is 1.48 bits per heavy atom. The van der Waals surface area contributed by atoms with Crippen molar-refractivity contribution in [3.63, 3.8) is 0 Å². The van der Waals surface area contributed by atoms with Gasteiger partial charge in [-0.3, -0.25) is 9.64 Å². The molecule has 3 rings (SSSR count). The second-order valence-corrected chi connectivity index (χ2v) is 6.23. The highest BCUT2D eigenvalue weighted by Gasteiger charge is 2.56. The lowest BCUT2D eigenvalue weighted by Crippen LogP contribution is -2.52. The van der Waals surface area contributed by atoms with Crippen molar-refractivity contribution in [1.82, 2.24) is 10.2 Å². The van der Waals surface area contributed by atoms with Crippen molar-refractivity contribution >= 4 is 5.91 Å². The van der Waals surface area contributed by atoms with Crippen molar-refractivity contribution < 1.29 is 18.3 Å². The smallest absolute Gasteiger partial charge is 0.284 e. The summed E-state index contributed by atoms with van der Waals surface area (Å²) in [4.78, 5) is 18.0. The standard InChI is InChI=1S/C16H17F2N3O2/c1-9(2)21-8-16(6-13(21)19-3)15(22)20-7-10-4-11(17)5-12(18)14(10)23-16/h4-5,9,13H,6-8H2,1-2H3,(H,20,22)/t13-,16+/m0/s1. The van der Waals surface area contributed by atoms with Crippen molar-refractivity contribution in [2.45, 2.75) is 44.6 Å². The van der Waals surface area contributed by atoms with Gasteiger partial charge >= 0.3 is 0 Å². The summed E-state index contributed by atoms with van der Waals surface area (Å²) in [5, 5.41) is 2.67. The van der Waals surface area contributed by atoms with Gasteiger partial charge in [-0.25, -0.2) is 20.3 Å². The third-order valence-corrected chi connectivity index (χ3v) is 4.38. The average molecular weight is 321 g/mol. The summed E-state index contributed by atoms with van der Waals surface area (Å²) in [6.45, 7) is 11.4. The third-order valence-electron chi connectivity index (χ3n) is 4.38. The van der Waals surface area contributed by atoms with Gasteiger partial charge in [-0.1, -0.05) is 0 Å². The molecule has 0 saturated carbocycles. The minimum Gasteiger partial charge on any atom is -0.472 e. The Bertz CT molecular complexity index is 701. The highest BCUT2D eigenvalue weighted by molar-refractivity contribution is 5.87. The lowest BCUT2D eigenvalue weighted by molar-refractivity contribution is -0.135. The lowest BCUT2D eigenvalue weighted by atomic mass is 10.0. The number of fused-ring (bicyclic) bond motifs is 1. The number of hydrogen-bond donors (Lipinski definition) is 1. The number of benzene rings is 1. The second-order valence-electron chi connectivity index (χ2n) is 6.23. The highest BCUT2D eigenvalue weighted by Crippen LogP contribution is 2.38. The van der Waals surface area contributed by atoms with Crippen LogP contribution in [0.2, 0.25) is 0 Å². The fraction of sp³-hybridized carbons (Fsp3) is 0.500. The minimum absolute atomic E-state index is 0.00500. The fourth-order valence-corrected chi connectivity index (χ4v) is 3.20. The van der Waals surface area contributed by atoms with Crippen LogP contribution in [0.25, 0.3) is 4.85 Å². The number of rotatable bonds is 1. The van der Waals surface area contributed by atoms with Gasteiger partial charge in [0.2, 0.25) is 5.60 Å². The molecule has 0 aliphatic carbocycles. The zero-order chi connectivity index (χ0) is 16.8. The molecule has 122 valence electrons. The predicted octanol–water partition coefficient (Wildman–Crippen LogP) is 2.07. The summed E-state index contributed by atoms with van der Waals surface area (Å²) in [6, 6.07) is 1.94. The number of likely N-dealkylation sites (tertiary alicyclic amines) is 1. The number of halogens is 2. The summed E-state index contributed by atoms with van der Waals surface area (Å²) < 4.78 is 33.3. The maximum Gasteiger partial charge on any atom is 0.284 e. The van der Waals surface area contributed by atoms with Crippen LogP contribution in [-0.4, -0.2) is 35.2 Å².